The zero-order chi connectivity index (χ0) is 14.7. The van der Waals surface area contributed by atoms with Crippen LogP contribution in [-0.4, -0.2) is 29.9 Å². The highest BCUT2D eigenvalue weighted by Gasteiger charge is 2.14. The molecule has 0 aliphatic rings. The maximum Gasteiger partial charge on any atom is 0.223 e. The Morgan fingerprint density at radius 2 is 2.00 bits per heavy atom. The van der Waals surface area contributed by atoms with Crippen molar-refractivity contribution in [2.45, 2.75) is 13.5 Å². The van der Waals surface area contributed by atoms with Crippen molar-refractivity contribution in [2.24, 2.45) is 0 Å². The van der Waals surface area contributed by atoms with Crippen LogP contribution in [-0.2, 0) is 11.3 Å². The highest BCUT2D eigenvalue weighted by molar-refractivity contribution is 9.10. The summed E-state index contributed by atoms with van der Waals surface area (Å²) in [4.78, 5) is 19.0. The van der Waals surface area contributed by atoms with E-state index in [2.05, 4.69) is 31.1 Å². The summed E-state index contributed by atoms with van der Waals surface area (Å²) in [6.45, 7) is 2.29. The smallest absolute Gasteiger partial charge is 0.223 e. The highest BCUT2D eigenvalue weighted by atomic mass is 79.9. The predicted molar refractivity (Wildman–Crippen MR) is 86.9 cm³/mol. The van der Waals surface area contributed by atoms with Crippen LogP contribution in [0.4, 0.5) is 5.13 Å². The molecule has 20 heavy (non-hydrogen) atoms. The molecular weight excluding hydrogens is 338 g/mol. The molecule has 0 atom stereocenters. The van der Waals surface area contributed by atoms with Gasteiger partial charge < -0.3 is 10.2 Å². The molecule has 0 radical (unpaired) electrons. The number of rotatable bonds is 4. The number of thiazole rings is 1. The van der Waals surface area contributed by atoms with Crippen LogP contribution < -0.4 is 5.32 Å². The largest absolute Gasteiger partial charge is 0.304 e. The minimum absolute atomic E-state index is 0.0995. The minimum atomic E-state index is -0.0995. The molecule has 1 amide bonds. The number of benzene rings is 1. The lowest BCUT2D eigenvalue weighted by Gasteiger charge is -2.09. The van der Waals surface area contributed by atoms with Gasteiger partial charge in [0.2, 0.25) is 5.91 Å². The molecule has 0 saturated heterocycles. The third-order valence-corrected chi connectivity index (χ3v) is 4.04. The molecule has 2 aromatic rings. The summed E-state index contributed by atoms with van der Waals surface area (Å²) < 4.78 is 1.03. The molecule has 1 N–H and O–H groups in total. The second-order valence-corrected chi connectivity index (χ2v) is 6.72. The molecule has 4 nitrogen and oxygen atoms in total. The first-order valence-corrected chi connectivity index (χ1v) is 7.74. The van der Waals surface area contributed by atoms with E-state index in [0.717, 1.165) is 27.2 Å². The third-order valence-electron chi connectivity index (χ3n) is 2.56. The lowest BCUT2D eigenvalue weighted by Crippen LogP contribution is -2.10. The SMILES string of the molecule is CC(=O)Nc1nc(-c2ccc(Br)cc2)c(CN(C)C)s1. The molecule has 0 aliphatic heterocycles. The van der Waals surface area contributed by atoms with Gasteiger partial charge in [-0.1, -0.05) is 39.4 Å². The van der Waals surface area contributed by atoms with Crippen LogP contribution in [0.2, 0.25) is 0 Å². The Balaban J connectivity index is 2.40. The number of halogens is 1. The fourth-order valence-electron chi connectivity index (χ4n) is 1.78. The number of nitrogens with zero attached hydrogens (tertiary/aromatic N) is 2. The summed E-state index contributed by atoms with van der Waals surface area (Å²) in [6, 6.07) is 8.03. The molecule has 1 heterocycles. The molecule has 2 rings (SSSR count). The third kappa shape index (κ3) is 3.88. The van der Waals surface area contributed by atoms with Gasteiger partial charge in [0.25, 0.3) is 0 Å². The first kappa shape index (κ1) is 15.2. The Bertz CT molecular complexity index is 607. The van der Waals surface area contributed by atoms with E-state index in [1.54, 1.807) is 0 Å². The lowest BCUT2D eigenvalue weighted by molar-refractivity contribution is -0.114. The maximum atomic E-state index is 11.2. The van der Waals surface area contributed by atoms with Crippen molar-refractivity contribution < 1.29 is 4.79 Å². The molecule has 0 spiro atoms. The van der Waals surface area contributed by atoms with Crippen molar-refractivity contribution in [1.29, 1.82) is 0 Å². The first-order valence-electron chi connectivity index (χ1n) is 6.13. The van der Waals surface area contributed by atoms with Gasteiger partial charge in [-0.3, -0.25) is 4.79 Å². The fraction of sp³-hybridized carbons (Fsp3) is 0.286. The van der Waals surface area contributed by atoms with Gasteiger partial charge in [0.05, 0.1) is 5.69 Å². The Kier molecular flexibility index (Phi) is 4.91. The Hall–Kier alpha value is -1.24. The Labute approximate surface area is 131 Å². The van der Waals surface area contributed by atoms with Crippen molar-refractivity contribution in [2.75, 3.05) is 19.4 Å². The van der Waals surface area contributed by atoms with Crippen LogP contribution in [0.3, 0.4) is 0 Å². The van der Waals surface area contributed by atoms with Gasteiger partial charge in [-0.25, -0.2) is 4.98 Å². The molecule has 0 bridgehead atoms. The van der Waals surface area contributed by atoms with Gasteiger partial charge in [0.1, 0.15) is 0 Å². The fourth-order valence-corrected chi connectivity index (χ4v) is 3.20. The normalized spacial score (nSPS) is 10.8. The number of carbonyl (C=O) groups is 1. The van der Waals surface area contributed by atoms with Crippen LogP contribution in [0, 0.1) is 0 Å². The first-order chi connectivity index (χ1) is 9.45. The number of nitrogens with one attached hydrogen (secondary N) is 1. The molecular formula is C14H16BrN3OS. The summed E-state index contributed by atoms with van der Waals surface area (Å²) >= 11 is 4.95. The summed E-state index contributed by atoms with van der Waals surface area (Å²) in [5.41, 5.74) is 1.98. The van der Waals surface area contributed by atoms with Crippen LogP contribution in [0.15, 0.2) is 28.7 Å². The standard InChI is InChI=1S/C14H16BrN3OS/c1-9(19)16-14-17-13(12(20-14)8-18(2)3)10-4-6-11(15)7-5-10/h4-7H,8H2,1-3H3,(H,16,17,19). The summed E-state index contributed by atoms with van der Waals surface area (Å²) in [7, 11) is 4.03. The zero-order valence-corrected chi connectivity index (χ0v) is 14.0. The molecule has 6 heteroatoms. The summed E-state index contributed by atoms with van der Waals surface area (Å²) in [5, 5.41) is 3.41. The van der Waals surface area contributed by atoms with Gasteiger partial charge in [-0.05, 0) is 26.2 Å². The number of hydrogen-bond donors (Lipinski definition) is 1. The van der Waals surface area contributed by atoms with E-state index in [-0.39, 0.29) is 5.91 Å². The zero-order valence-electron chi connectivity index (χ0n) is 11.6. The van der Waals surface area contributed by atoms with E-state index >= 15 is 0 Å². The van der Waals surface area contributed by atoms with E-state index in [0.29, 0.717) is 5.13 Å². The van der Waals surface area contributed by atoms with E-state index in [4.69, 9.17) is 0 Å². The van der Waals surface area contributed by atoms with Crippen LogP contribution in [0.5, 0.6) is 0 Å². The van der Waals surface area contributed by atoms with E-state index in [1.807, 2.05) is 38.4 Å². The number of hydrogen-bond acceptors (Lipinski definition) is 4. The Morgan fingerprint density at radius 1 is 1.35 bits per heavy atom. The Morgan fingerprint density at radius 3 is 2.55 bits per heavy atom. The van der Waals surface area contributed by atoms with E-state index in [9.17, 15) is 4.79 Å². The topological polar surface area (TPSA) is 45.2 Å². The minimum Gasteiger partial charge on any atom is -0.304 e. The van der Waals surface area contributed by atoms with Gasteiger partial charge in [-0.15, -0.1) is 0 Å². The van der Waals surface area contributed by atoms with Crippen LogP contribution >= 0.6 is 27.3 Å². The second kappa shape index (κ2) is 6.47. The van der Waals surface area contributed by atoms with Crippen molar-refractivity contribution in [1.82, 2.24) is 9.88 Å². The van der Waals surface area contributed by atoms with Crippen molar-refractivity contribution in [3.63, 3.8) is 0 Å². The number of carbonyl (C=O) groups excluding carboxylic acids is 1. The monoisotopic (exact) mass is 353 g/mol. The molecule has 0 unspecified atom stereocenters. The van der Waals surface area contributed by atoms with Gasteiger partial charge in [0, 0.05) is 28.4 Å². The molecule has 1 aromatic carbocycles. The molecule has 0 aliphatic carbocycles. The van der Waals surface area contributed by atoms with Crippen molar-refractivity contribution >= 4 is 38.3 Å². The van der Waals surface area contributed by atoms with E-state index < -0.39 is 0 Å². The number of amides is 1. The van der Waals surface area contributed by atoms with Crippen molar-refractivity contribution in [3.8, 4) is 11.3 Å². The summed E-state index contributed by atoms with van der Waals surface area (Å²) in [6.07, 6.45) is 0. The average Bonchev–Trinajstić information content (AvgIpc) is 2.71. The lowest BCUT2D eigenvalue weighted by atomic mass is 10.1. The second-order valence-electron chi connectivity index (χ2n) is 4.72. The molecule has 0 fully saturated rings. The van der Waals surface area contributed by atoms with Crippen LogP contribution in [0.1, 0.15) is 11.8 Å². The molecule has 106 valence electrons. The van der Waals surface area contributed by atoms with Crippen molar-refractivity contribution in [3.05, 3.63) is 33.6 Å². The van der Waals surface area contributed by atoms with Crippen LogP contribution in [0.25, 0.3) is 11.3 Å². The molecule has 1 aromatic heterocycles. The van der Waals surface area contributed by atoms with Gasteiger partial charge >= 0.3 is 0 Å². The number of anilines is 1. The van der Waals surface area contributed by atoms with E-state index in [1.165, 1.54) is 18.3 Å². The molecule has 0 saturated carbocycles. The average molecular weight is 354 g/mol. The quantitative estimate of drug-likeness (QED) is 0.913. The van der Waals surface area contributed by atoms with Gasteiger partial charge in [0.15, 0.2) is 5.13 Å². The summed E-state index contributed by atoms with van der Waals surface area (Å²) in [5.74, 6) is -0.0995. The number of aromatic nitrogens is 1. The predicted octanol–water partition coefficient (Wildman–Crippen LogP) is 3.59. The maximum absolute atomic E-state index is 11.2. The van der Waals surface area contributed by atoms with Gasteiger partial charge in [-0.2, -0.15) is 0 Å². The highest BCUT2D eigenvalue weighted by Crippen LogP contribution is 2.32.